The third-order valence-electron chi connectivity index (χ3n) is 3.52. The Labute approximate surface area is 151 Å². The van der Waals surface area contributed by atoms with E-state index in [1.54, 1.807) is 52.6 Å². The molecule has 3 aromatic rings. The highest BCUT2D eigenvalue weighted by atomic mass is 35.5. The molecule has 0 radical (unpaired) electrons. The molecule has 0 aliphatic carbocycles. The number of hydrogen-bond acceptors (Lipinski definition) is 4. The summed E-state index contributed by atoms with van der Waals surface area (Å²) in [4.78, 5) is 12.1. The molecule has 2 aromatic carbocycles. The summed E-state index contributed by atoms with van der Waals surface area (Å²) >= 11 is 5.95. The van der Waals surface area contributed by atoms with Crippen LogP contribution in [-0.4, -0.2) is 14.4 Å². The number of furan rings is 1. The molecular weight excluding hydrogens is 383 g/mol. The van der Waals surface area contributed by atoms with E-state index in [1.165, 1.54) is 6.07 Å². The van der Waals surface area contributed by atoms with Crippen LogP contribution < -0.4 is 15.3 Å². The number of nitrogens with one attached hydrogen (secondary N) is 2. The maximum atomic E-state index is 12.3. The molecule has 9 heteroatoms. The van der Waals surface area contributed by atoms with Gasteiger partial charge in [0.05, 0.1) is 5.69 Å². The molecule has 3 rings (SSSR count). The lowest BCUT2D eigenvalue weighted by molar-refractivity contribution is 0.256. The fraction of sp³-hybridized carbons (Fsp3) is 0.0625. The van der Waals surface area contributed by atoms with Crippen molar-refractivity contribution in [2.24, 2.45) is 0 Å². The molecule has 1 heterocycles. The number of rotatable bonds is 3. The van der Waals surface area contributed by atoms with E-state index < -0.39 is 16.1 Å². The van der Waals surface area contributed by atoms with Gasteiger partial charge in [-0.3, -0.25) is 0 Å². The van der Waals surface area contributed by atoms with E-state index in [0.717, 1.165) is 10.9 Å². The van der Waals surface area contributed by atoms with E-state index in [9.17, 15) is 13.2 Å². The second-order valence-electron chi connectivity index (χ2n) is 5.42. The van der Waals surface area contributed by atoms with Crippen molar-refractivity contribution in [2.45, 2.75) is 12.0 Å². The molecule has 0 saturated heterocycles. The molecular formula is C16H15ClN2O4PS+. The van der Waals surface area contributed by atoms with E-state index in [-0.39, 0.29) is 5.09 Å². The molecule has 1 aromatic heterocycles. The molecule has 0 aliphatic rings. The lowest BCUT2D eigenvalue weighted by Crippen LogP contribution is -2.35. The van der Waals surface area contributed by atoms with Crippen molar-refractivity contribution in [1.29, 1.82) is 0 Å². The molecule has 0 spiro atoms. The van der Waals surface area contributed by atoms with E-state index in [2.05, 4.69) is 5.32 Å². The Morgan fingerprint density at radius 2 is 1.92 bits per heavy atom. The summed E-state index contributed by atoms with van der Waals surface area (Å²) in [6.45, 7) is 1.77. The molecule has 25 heavy (non-hydrogen) atoms. The number of sulfonamides is 1. The number of fused-ring (bicyclic) bond motifs is 1. The summed E-state index contributed by atoms with van der Waals surface area (Å²) < 4.78 is 31.9. The van der Waals surface area contributed by atoms with Crippen LogP contribution >= 0.6 is 20.8 Å². The molecule has 0 saturated carbocycles. The van der Waals surface area contributed by atoms with Gasteiger partial charge in [-0.25, -0.2) is 9.52 Å². The van der Waals surface area contributed by atoms with Gasteiger partial charge in [0, 0.05) is 31.8 Å². The van der Waals surface area contributed by atoms with Crippen LogP contribution in [0.15, 0.2) is 52.0 Å². The average Bonchev–Trinajstić information content (AvgIpc) is 2.95. The zero-order chi connectivity index (χ0) is 18.2. The van der Waals surface area contributed by atoms with Crippen LogP contribution in [0.25, 0.3) is 11.0 Å². The number of carbonyl (C=O) groups excluding carboxylic acids is 1. The first-order chi connectivity index (χ1) is 11.8. The van der Waals surface area contributed by atoms with Gasteiger partial charge < -0.3 is 9.73 Å². The number of aryl methyl sites for hydroxylation is 1. The highest BCUT2D eigenvalue weighted by Crippen LogP contribution is 2.23. The number of carbonyl (C=O) groups is 1. The maximum absolute atomic E-state index is 12.3. The first-order valence-electron chi connectivity index (χ1n) is 7.21. The van der Waals surface area contributed by atoms with Crippen LogP contribution in [0.2, 0.25) is 5.02 Å². The quantitative estimate of drug-likeness (QED) is 0.664. The molecule has 1 atom stereocenters. The molecule has 0 aliphatic heterocycles. The Morgan fingerprint density at radius 3 is 2.60 bits per heavy atom. The van der Waals surface area contributed by atoms with Gasteiger partial charge in [0.2, 0.25) is 5.09 Å². The Balaban J connectivity index is 1.82. The van der Waals surface area contributed by atoms with Crippen LogP contribution in [0, 0.1) is 6.92 Å². The van der Waals surface area contributed by atoms with Gasteiger partial charge in [-0.1, -0.05) is 29.8 Å². The van der Waals surface area contributed by atoms with Gasteiger partial charge in [-0.15, -0.1) is 0 Å². The smallest absolute Gasteiger partial charge is 0.333 e. The zero-order valence-electron chi connectivity index (χ0n) is 13.2. The standard InChI is InChI=1S/C16H14ClN2O4PS/c1-9-6-11(17)8-13(24)15(9)18-16(20)19-25(21,22)14-7-10-4-2-3-5-12(10)23-14/h2-8H,24H2,1H3,(H2,18,19,20)/p+1. The maximum Gasteiger partial charge on any atom is 0.333 e. The van der Waals surface area contributed by atoms with Crippen molar-refractivity contribution in [1.82, 2.24) is 4.72 Å². The SMILES string of the molecule is Cc1cc(Cl)cc([PH3+])c1NC(=O)NS(=O)(=O)c1cc2ccccc2o1. The van der Waals surface area contributed by atoms with Crippen LogP contribution in [0.4, 0.5) is 10.5 Å². The number of anilines is 1. The predicted octanol–water partition coefficient (Wildman–Crippen LogP) is 3.14. The normalized spacial score (nSPS) is 11.6. The van der Waals surface area contributed by atoms with Gasteiger partial charge in [-0.05, 0) is 24.6 Å². The summed E-state index contributed by atoms with van der Waals surface area (Å²) in [5.74, 6) is 0. The fourth-order valence-corrected chi connectivity index (χ4v) is 4.28. The second-order valence-corrected chi connectivity index (χ2v) is 8.23. The summed E-state index contributed by atoms with van der Waals surface area (Å²) in [6, 6.07) is 10.7. The molecule has 6 nitrogen and oxygen atoms in total. The fourth-order valence-electron chi connectivity index (χ4n) is 2.39. The highest BCUT2D eigenvalue weighted by molar-refractivity contribution is 7.90. The average molecular weight is 398 g/mol. The van der Waals surface area contributed by atoms with Crippen LogP contribution in [0.5, 0.6) is 0 Å². The van der Waals surface area contributed by atoms with Gasteiger partial charge in [-0.2, -0.15) is 8.42 Å². The summed E-state index contributed by atoms with van der Waals surface area (Å²) in [5, 5.41) is 4.15. The zero-order valence-corrected chi connectivity index (χ0v) is 16.2. The van der Waals surface area contributed by atoms with Crippen molar-refractivity contribution in [2.75, 3.05) is 5.32 Å². The van der Waals surface area contributed by atoms with Crippen molar-refractivity contribution in [3.63, 3.8) is 0 Å². The number of para-hydroxylation sites is 1. The molecule has 2 N–H and O–H groups in total. The topological polar surface area (TPSA) is 88.4 Å². The predicted molar refractivity (Wildman–Crippen MR) is 102 cm³/mol. The van der Waals surface area contributed by atoms with E-state index >= 15 is 0 Å². The van der Waals surface area contributed by atoms with Crippen LogP contribution in [0.3, 0.4) is 0 Å². The molecule has 0 bridgehead atoms. The lowest BCUT2D eigenvalue weighted by Gasteiger charge is -2.10. The van der Waals surface area contributed by atoms with Gasteiger partial charge in [0.25, 0.3) is 10.0 Å². The van der Waals surface area contributed by atoms with Crippen LogP contribution in [-0.2, 0) is 10.0 Å². The largest absolute Gasteiger partial charge is 0.443 e. The van der Waals surface area contributed by atoms with Gasteiger partial charge in [0.1, 0.15) is 10.9 Å². The van der Waals surface area contributed by atoms with Gasteiger partial charge >= 0.3 is 6.03 Å². The summed E-state index contributed by atoms with van der Waals surface area (Å²) in [7, 11) is -2.59. The van der Waals surface area contributed by atoms with Crippen molar-refractivity contribution in [3.8, 4) is 0 Å². The summed E-state index contributed by atoms with van der Waals surface area (Å²) in [5.41, 5.74) is 1.67. The molecule has 2 amide bonds. The number of amides is 2. The molecule has 1 unspecified atom stereocenters. The number of urea groups is 1. The van der Waals surface area contributed by atoms with Crippen molar-refractivity contribution in [3.05, 3.63) is 53.1 Å². The second kappa shape index (κ2) is 6.67. The highest BCUT2D eigenvalue weighted by Gasteiger charge is 2.23. The van der Waals surface area contributed by atoms with Crippen LogP contribution in [0.1, 0.15) is 5.56 Å². The van der Waals surface area contributed by atoms with E-state index in [4.69, 9.17) is 16.0 Å². The Hall–Kier alpha value is -2.08. The van der Waals surface area contributed by atoms with Gasteiger partial charge in [0.15, 0.2) is 0 Å². The Morgan fingerprint density at radius 1 is 1.20 bits per heavy atom. The van der Waals surface area contributed by atoms with E-state index in [0.29, 0.717) is 21.7 Å². The minimum atomic E-state index is -4.13. The van der Waals surface area contributed by atoms with E-state index in [1.807, 2.05) is 4.72 Å². The Kier molecular flexibility index (Phi) is 4.73. The van der Waals surface area contributed by atoms with Crippen molar-refractivity contribution >= 4 is 58.9 Å². The molecule has 130 valence electrons. The third kappa shape index (κ3) is 3.79. The first-order valence-corrected chi connectivity index (χ1v) is 9.77. The Bertz CT molecular complexity index is 1020. The number of benzene rings is 2. The van der Waals surface area contributed by atoms with Crippen molar-refractivity contribution < 1.29 is 17.6 Å². The summed E-state index contributed by atoms with van der Waals surface area (Å²) in [6.07, 6.45) is 0. The number of halogens is 1. The minimum Gasteiger partial charge on any atom is -0.443 e. The lowest BCUT2D eigenvalue weighted by atomic mass is 10.2. The molecule has 0 fully saturated rings. The third-order valence-corrected chi connectivity index (χ3v) is 5.48. The first kappa shape index (κ1) is 17.7. The number of hydrogen-bond donors (Lipinski definition) is 2. The minimum absolute atomic E-state index is 0.324. The monoisotopic (exact) mass is 397 g/mol.